The Bertz CT molecular complexity index is 459. The first-order valence-corrected chi connectivity index (χ1v) is 7.02. The summed E-state index contributed by atoms with van der Waals surface area (Å²) >= 11 is 7.99. The molecule has 0 saturated heterocycles. The molecule has 0 aliphatic rings. The van der Waals surface area contributed by atoms with Crippen molar-refractivity contribution < 1.29 is 0 Å². The van der Waals surface area contributed by atoms with Crippen molar-refractivity contribution in [2.75, 3.05) is 0 Å². The summed E-state index contributed by atoms with van der Waals surface area (Å²) < 4.78 is 0. The summed E-state index contributed by atoms with van der Waals surface area (Å²) in [6.07, 6.45) is 6.01. The van der Waals surface area contributed by atoms with E-state index in [0.29, 0.717) is 0 Å². The maximum absolute atomic E-state index is 6.15. The molecule has 16 heavy (non-hydrogen) atoms. The minimum atomic E-state index is 0.873. The quantitative estimate of drug-likeness (QED) is 0.617. The topological polar surface area (TPSA) is 0 Å². The molecule has 0 fully saturated rings. The van der Waals surface area contributed by atoms with Crippen molar-refractivity contribution in [2.45, 2.75) is 32.1 Å². The number of hydrogen-bond donors (Lipinski definition) is 0. The van der Waals surface area contributed by atoms with Crippen LogP contribution >= 0.6 is 22.9 Å². The molecule has 0 saturated carbocycles. The molecule has 1 heterocycles. The van der Waals surface area contributed by atoms with E-state index in [1.165, 1.54) is 41.3 Å². The van der Waals surface area contributed by atoms with Crippen LogP contribution in [0.15, 0.2) is 23.6 Å². The highest BCUT2D eigenvalue weighted by atomic mass is 35.5. The van der Waals surface area contributed by atoms with Gasteiger partial charge in [-0.3, -0.25) is 0 Å². The predicted octanol–water partition coefficient (Wildman–Crippen LogP) is 5.49. The normalized spacial score (nSPS) is 11.1. The molecule has 0 amide bonds. The number of hydrogen-bond acceptors (Lipinski definition) is 1. The number of thiophene rings is 1. The Morgan fingerprint density at radius 2 is 2.00 bits per heavy atom. The molecule has 2 aromatic rings. The summed E-state index contributed by atoms with van der Waals surface area (Å²) in [5, 5.41) is 5.60. The van der Waals surface area contributed by atoms with Crippen LogP contribution in [0.1, 0.15) is 30.6 Å². The van der Waals surface area contributed by atoms with Gasteiger partial charge in [0.2, 0.25) is 0 Å². The molecule has 0 nitrogen and oxygen atoms in total. The molecule has 2 rings (SSSR count). The van der Waals surface area contributed by atoms with Gasteiger partial charge in [-0.15, -0.1) is 11.3 Å². The van der Waals surface area contributed by atoms with Crippen LogP contribution in [0.4, 0.5) is 0 Å². The van der Waals surface area contributed by atoms with Crippen molar-refractivity contribution in [1.29, 1.82) is 0 Å². The van der Waals surface area contributed by atoms with E-state index in [2.05, 4.69) is 18.4 Å². The Morgan fingerprint density at radius 3 is 2.81 bits per heavy atom. The molecule has 1 radical (unpaired) electrons. The van der Waals surface area contributed by atoms with Gasteiger partial charge < -0.3 is 0 Å². The lowest BCUT2D eigenvalue weighted by molar-refractivity contribution is 0.691. The zero-order valence-electron chi connectivity index (χ0n) is 9.34. The van der Waals surface area contributed by atoms with E-state index in [1.807, 2.05) is 23.5 Å². The van der Waals surface area contributed by atoms with Crippen molar-refractivity contribution in [3.05, 3.63) is 40.4 Å². The van der Waals surface area contributed by atoms with Crippen molar-refractivity contribution in [1.82, 2.24) is 0 Å². The first kappa shape index (κ1) is 11.9. The third kappa shape index (κ3) is 2.58. The average Bonchev–Trinajstić information content (AvgIpc) is 2.70. The summed E-state index contributed by atoms with van der Waals surface area (Å²) in [5.74, 6) is 0. The second-order valence-corrected chi connectivity index (χ2v) is 5.40. The lowest BCUT2D eigenvalue weighted by atomic mass is 10.1. The van der Waals surface area contributed by atoms with Crippen LogP contribution in [0.2, 0.25) is 5.02 Å². The van der Waals surface area contributed by atoms with Crippen molar-refractivity contribution in [2.24, 2.45) is 0 Å². The molecule has 85 valence electrons. The molecule has 0 N–H and O–H groups in total. The fourth-order valence-corrected chi connectivity index (χ4v) is 3.30. The summed E-state index contributed by atoms with van der Waals surface area (Å²) in [5.41, 5.74) is 0. The third-order valence-electron chi connectivity index (χ3n) is 2.83. The SMILES string of the molecule is [CH2]CCCCCc1scc2c(Cl)cccc12. The van der Waals surface area contributed by atoms with Crippen LogP contribution in [-0.2, 0) is 6.42 Å². The van der Waals surface area contributed by atoms with Gasteiger partial charge in [0.15, 0.2) is 0 Å². The summed E-state index contributed by atoms with van der Waals surface area (Å²) in [7, 11) is 0. The molecular formula is C14H16ClS. The molecule has 0 bridgehead atoms. The molecule has 0 spiro atoms. The first-order chi connectivity index (χ1) is 7.83. The standard InChI is InChI=1S/C14H16ClS/c1-2-3-4-5-9-14-11-7-6-8-13(15)12(11)10-16-14/h6-8,10H,1-5,9H2. The minimum Gasteiger partial charge on any atom is -0.148 e. The number of aryl methyl sites for hydroxylation is 1. The monoisotopic (exact) mass is 251 g/mol. The number of benzene rings is 1. The molecule has 0 atom stereocenters. The van der Waals surface area contributed by atoms with E-state index < -0.39 is 0 Å². The number of unbranched alkanes of at least 4 members (excludes halogenated alkanes) is 3. The van der Waals surface area contributed by atoms with Crippen LogP contribution in [-0.4, -0.2) is 0 Å². The van der Waals surface area contributed by atoms with E-state index >= 15 is 0 Å². The maximum Gasteiger partial charge on any atom is 0.0492 e. The smallest absolute Gasteiger partial charge is 0.0492 e. The lowest BCUT2D eigenvalue weighted by Gasteiger charge is -1.99. The van der Waals surface area contributed by atoms with Crippen LogP contribution in [0.25, 0.3) is 10.8 Å². The van der Waals surface area contributed by atoms with Gasteiger partial charge >= 0.3 is 0 Å². The van der Waals surface area contributed by atoms with Crippen LogP contribution in [0.3, 0.4) is 0 Å². The number of fused-ring (bicyclic) bond motifs is 1. The first-order valence-electron chi connectivity index (χ1n) is 5.77. The van der Waals surface area contributed by atoms with E-state index in [-0.39, 0.29) is 0 Å². The Kier molecular flexibility index (Phi) is 4.25. The van der Waals surface area contributed by atoms with Gasteiger partial charge in [0.25, 0.3) is 0 Å². The van der Waals surface area contributed by atoms with Gasteiger partial charge in [-0.25, -0.2) is 0 Å². The molecular weight excluding hydrogens is 236 g/mol. The van der Waals surface area contributed by atoms with Gasteiger partial charge in [0, 0.05) is 20.7 Å². The number of halogens is 1. The third-order valence-corrected chi connectivity index (χ3v) is 4.22. The molecule has 0 aliphatic heterocycles. The highest BCUT2D eigenvalue weighted by Gasteiger charge is 2.05. The van der Waals surface area contributed by atoms with Crippen LogP contribution < -0.4 is 0 Å². The summed E-state index contributed by atoms with van der Waals surface area (Å²) in [4.78, 5) is 1.47. The molecule has 0 unspecified atom stereocenters. The number of rotatable bonds is 5. The van der Waals surface area contributed by atoms with E-state index in [1.54, 1.807) is 0 Å². The van der Waals surface area contributed by atoms with E-state index in [4.69, 9.17) is 11.6 Å². The van der Waals surface area contributed by atoms with Crippen LogP contribution in [0, 0.1) is 6.92 Å². The lowest BCUT2D eigenvalue weighted by Crippen LogP contribution is -1.82. The zero-order chi connectivity index (χ0) is 11.4. The van der Waals surface area contributed by atoms with Crippen molar-refractivity contribution in [3.8, 4) is 0 Å². The van der Waals surface area contributed by atoms with Gasteiger partial charge in [-0.1, -0.05) is 49.9 Å². The second kappa shape index (κ2) is 5.70. The fourth-order valence-electron chi connectivity index (χ4n) is 1.93. The predicted molar refractivity (Wildman–Crippen MR) is 74.4 cm³/mol. The Morgan fingerprint density at radius 1 is 1.12 bits per heavy atom. The van der Waals surface area contributed by atoms with Gasteiger partial charge in [0.1, 0.15) is 0 Å². The second-order valence-electron chi connectivity index (χ2n) is 4.02. The van der Waals surface area contributed by atoms with Gasteiger partial charge in [-0.2, -0.15) is 0 Å². The van der Waals surface area contributed by atoms with Crippen molar-refractivity contribution in [3.63, 3.8) is 0 Å². The fraction of sp³-hybridized carbons (Fsp3) is 0.357. The van der Waals surface area contributed by atoms with Crippen molar-refractivity contribution >= 4 is 33.7 Å². The summed E-state index contributed by atoms with van der Waals surface area (Å²) in [6.45, 7) is 3.87. The summed E-state index contributed by atoms with van der Waals surface area (Å²) in [6, 6.07) is 6.18. The minimum absolute atomic E-state index is 0.873. The Balaban J connectivity index is 2.10. The van der Waals surface area contributed by atoms with Crippen LogP contribution in [0.5, 0.6) is 0 Å². The van der Waals surface area contributed by atoms with Gasteiger partial charge in [0.05, 0.1) is 0 Å². The Labute approximate surface area is 106 Å². The maximum atomic E-state index is 6.15. The molecule has 0 aliphatic carbocycles. The molecule has 1 aromatic heterocycles. The van der Waals surface area contributed by atoms with Gasteiger partial charge in [-0.05, 0) is 24.3 Å². The van der Waals surface area contributed by atoms with E-state index in [0.717, 1.165) is 11.4 Å². The Hall–Kier alpha value is -0.530. The highest BCUT2D eigenvalue weighted by molar-refractivity contribution is 7.11. The zero-order valence-corrected chi connectivity index (χ0v) is 10.9. The average molecular weight is 252 g/mol. The van der Waals surface area contributed by atoms with E-state index in [9.17, 15) is 0 Å². The highest BCUT2D eigenvalue weighted by Crippen LogP contribution is 2.32. The molecule has 1 aromatic carbocycles. The largest absolute Gasteiger partial charge is 0.148 e. The molecule has 2 heteroatoms.